The molecular formula is C13H14FN3O. The Hall–Kier alpha value is -1.93. The van der Waals surface area contributed by atoms with Crippen LogP contribution in [0.2, 0.25) is 0 Å². The molecule has 1 amide bonds. The van der Waals surface area contributed by atoms with Gasteiger partial charge in [0.1, 0.15) is 11.9 Å². The minimum absolute atomic E-state index is 0.0654. The number of piperidine rings is 1. The molecular weight excluding hydrogens is 233 g/mol. The molecule has 0 radical (unpaired) electrons. The van der Waals surface area contributed by atoms with Gasteiger partial charge in [-0.05, 0) is 37.6 Å². The fourth-order valence-corrected chi connectivity index (χ4v) is 1.99. The molecule has 1 aliphatic heterocycles. The summed E-state index contributed by atoms with van der Waals surface area (Å²) in [7, 11) is 0. The van der Waals surface area contributed by atoms with E-state index in [1.165, 1.54) is 18.2 Å². The van der Waals surface area contributed by atoms with Gasteiger partial charge in [-0.1, -0.05) is 6.42 Å². The van der Waals surface area contributed by atoms with Gasteiger partial charge in [-0.25, -0.2) is 4.39 Å². The summed E-state index contributed by atoms with van der Waals surface area (Å²) in [6.07, 6.45) is 2.91. The van der Waals surface area contributed by atoms with Crippen molar-refractivity contribution >= 4 is 11.6 Å². The van der Waals surface area contributed by atoms with E-state index in [2.05, 4.69) is 10.6 Å². The Morgan fingerprint density at radius 3 is 3.00 bits per heavy atom. The van der Waals surface area contributed by atoms with Crippen molar-refractivity contribution in [2.75, 3.05) is 11.9 Å². The Morgan fingerprint density at radius 2 is 2.33 bits per heavy atom. The first-order valence-electron chi connectivity index (χ1n) is 5.94. The minimum atomic E-state index is -0.578. The molecule has 1 fully saturated rings. The monoisotopic (exact) mass is 247 g/mol. The summed E-state index contributed by atoms with van der Waals surface area (Å²) in [6.45, 7) is 0.838. The summed E-state index contributed by atoms with van der Waals surface area (Å²) in [5.74, 6) is -0.712. The zero-order valence-electron chi connectivity index (χ0n) is 9.87. The summed E-state index contributed by atoms with van der Waals surface area (Å²) < 4.78 is 13.1. The third kappa shape index (κ3) is 2.84. The number of carbonyl (C=O) groups is 1. The molecule has 0 unspecified atom stereocenters. The van der Waals surface area contributed by atoms with E-state index in [4.69, 9.17) is 5.26 Å². The summed E-state index contributed by atoms with van der Waals surface area (Å²) in [5.41, 5.74) is 0.384. The van der Waals surface area contributed by atoms with Crippen LogP contribution in [0.25, 0.3) is 0 Å². The van der Waals surface area contributed by atoms with Crippen molar-refractivity contribution in [3.63, 3.8) is 0 Å². The summed E-state index contributed by atoms with van der Waals surface area (Å²) in [4.78, 5) is 11.9. The number of amides is 1. The van der Waals surface area contributed by atoms with Gasteiger partial charge < -0.3 is 10.6 Å². The topological polar surface area (TPSA) is 64.9 Å². The fraction of sp³-hybridized carbons (Fsp3) is 0.385. The Balaban J connectivity index is 2.05. The van der Waals surface area contributed by atoms with Gasteiger partial charge in [-0.3, -0.25) is 4.79 Å². The predicted molar refractivity (Wildman–Crippen MR) is 65.4 cm³/mol. The number of carbonyl (C=O) groups excluding carboxylic acids is 1. The first kappa shape index (κ1) is 12.5. The molecule has 5 heteroatoms. The van der Waals surface area contributed by atoms with E-state index >= 15 is 0 Å². The van der Waals surface area contributed by atoms with E-state index in [9.17, 15) is 9.18 Å². The van der Waals surface area contributed by atoms with Gasteiger partial charge in [0.05, 0.1) is 11.6 Å². The summed E-state index contributed by atoms with van der Waals surface area (Å²) >= 11 is 0. The lowest BCUT2D eigenvalue weighted by Crippen LogP contribution is -2.43. The molecule has 1 aromatic rings. The number of rotatable bonds is 2. The van der Waals surface area contributed by atoms with E-state index in [0.29, 0.717) is 5.69 Å². The van der Waals surface area contributed by atoms with Crippen LogP contribution in [0.3, 0.4) is 0 Å². The van der Waals surface area contributed by atoms with Crippen LogP contribution in [-0.4, -0.2) is 18.5 Å². The van der Waals surface area contributed by atoms with E-state index in [1.807, 2.05) is 0 Å². The average Bonchev–Trinajstić information content (AvgIpc) is 2.42. The number of nitrogens with zero attached hydrogens (tertiary/aromatic N) is 1. The Labute approximate surface area is 105 Å². The van der Waals surface area contributed by atoms with Crippen LogP contribution in [0.4, 0.5) is 10.1 Å². The van der Waals surface area contributed by atoms with E-state index in [0.717, 1.165) is 25.8 Å². The third-order valence-corrected chi connectivity index (χ3v) is 2.98. The molecule has 2 N–H and O–H groups in total. The van der Waals surface area contributed by atoms with Gasteiger partial charge in [0, 0.05) is 5.69 Å². The van der Waals surface area contributed by atoms with E-state index in [-0.39, 0.29) is 17.5 Å². The van der Waals surface area contributed by atoms with Crippen LogP contribution >= 0.6 is 0 Å². The summed E-state index contributed by atoms with van der Waals surface area (Å²) in [6, 6.07) is 5.53. The van der Waals surface area contributed by atoms with Gasteiger partial charge in [0.25, 0.3) is 0 Å². The molecule has 94 valence electrons. The van der Waals surface area contributed by atoms with Crippen LogP contribution in [0.1, 0.15) is 24.8 Å². The number of hydrogen-bond acceptors (Lipinski definition) is 3. The Bertz CT molecular complexity index is 489. The molecule has 2 rings (SSSR count). The SMILES string of the molecule is N#Cc1cc(NC(=O)[C@@H]2CCCCN2)ccc1F. The predicted octanol–water partition coefficient (Wildman–Crippen LogP) is 1.78. The highest BCUT2D eigenvalue weighted by Crippen LogP contribution is 2.15. The number of anilines is 1. The minimum Gasteiger partial charge on any atom is -0.325 e. The highest BCUT2D eigenvalue weighted by atomic mass is 19.1. The highest BCUT2D eigenvalue weighted by molar-refractivity contribution is 5.95. The van der Waals surface area contributed by atoms with Crippen molar-refractivity contribution in [3.8, 4) is 6.07 Å². The normalized spacial score (nSPS) is 19.0. The molecule has 1 aliphatic rings. The van der Waals surface area contributed by atoms with Gasteiger partial charge in [-0.2, -0.15) is 5.26 Å². The molecule has 1 atom stereocenters. The zero-order chi connectivity index (χ0) is 13.0. The lowest BCUT2D eigenvalue weighted by Gasteiger charge is -2.22. The van der Waals surface area contributed by atoms with Crippen molar-refractivity contribution in [2.45, 2.75) is 25.3 Å². The smallest absolute Gasteiger partial charge is 0.241 e. The second-order valence-electron chi connectivity index (χ2n) is 4.30. The lowest BCUT2D eigenvalue weighted by atomic mass is 10.0. The quantitative estimate of drug-likeness (QED) is 0.837. The van der Waals surface area contributed by atoms with Gasteiger partial charge in [0.2, 0.25) is 5.91 Å². The maximum atomic E-state index is 13.1. The molecule has 0 bridgehead atoms. The van der Waals surface area contributed by atoms with Crippen molar-refractivity contribution in [1.82, 2.24) is 5.32 Å². The fourth-order valence-electron chi connectivity index (χ4n) is 1.99. The number of benzene rings is 1. The first-order valence-corrected chi connectivity index (χ1v) is 5.94. The van der Waals surface area contributed by atoms with Gasteiger partial charge in [-0.15, -0.1) is 0 Å². The van der Waals surface area contributed by atoms with Crippen molar-refractivity contribution < 1.29 is 9.18 Å². The second-order valence-corrected chi connectivity index (χ2v) is 4.30. The number of nitrogens with one attached hydrogen (secondary N) is 2. The summed E-state index contributed by atoms with van der Waals surface area (Å²) in [5, 5.41) is 14.5. The van der Waals surface area contributed by atoms with E-state index < -0.39 is 5.82 Å². The molecule has 1 aromatic carbocycles. The second kappa shape index (κ2) is 5.61. The van der Waals surface area contributed by atoms with E-state index in [1.54, 1.807) is 6.07 Å². The maximum absolute atomic E-state index is 13.1. The molecule has 0 aliphatic carbocycles. The van der Waals surface area contributed by atoms with Crippen LogP contribution in [0, 0.1) is 17.1 Å². The lowest BCUT2D eigenvalue weighted by molar-refractivity contribution is -0.118. The first-order chi connectivity index (χ1) is 8.70. The van der Waals surface area contributed by atoms with Crippen LogP contribution in [0.5, 0.6) is 0 Å². The van der Waals surface area contributed by atoms with Crippen LogP contribution < -0.4 is 10.6 Å². The number of nitriles is 1. The van der Waals surface area contributed by atoms with Crippen molar-refractivity contribution in [2.24, 2.45) is 0 Å². The highest BCUT2D eigenvalue weighted by Gasteiger charge is 2.20. The molecule has 4 nitrogen and oxygen atoms in total. The van der Waals surface area contributed by atoms with Crippen molar-refractivity contribution in [1.29, 1.82) is 5.26 Å². The molecule has 1 saturated heterocycles. The maximum Gasteiger partial charge on any atom is 0.241 e. The molecule has 18 heavy (non-hydrogen) atoms. The average molecular weight is 247 g/mol. The Morgan fingerprint density at radius 1 is 1.50 bits per heavy atom. The number of hydrogen-bond donors (Lipinski definition) is 2. The molecule has 0 spiro atoms. The van der Waals surface area contributed by atoms with Crippen molar-refractivity contribution in [3.05, 3.63) is 29.6 Å². The Kier molecular flexibility index (Phi) is 3.90. The molecule has 1 heterocycles. The van der Waals surface area contributed by atoms with Crippen LogP contribution in [-0.2, 0) is 4.79 Å². The largest absolute Gasteiger partial charge is 0.325 e. The van der Waals surface area contributed by atoms with Crippen LogP contribution in [0.15, 0.2) is 18.2 Å². The number of halogens is 1. The zero-order valence-corrected chi connectivity index (χ0v) is 9.87. The van der Waals surface area contributed by atoms with Gasteiger partial charge in [0.15, 0.2) is 0 Å². The molecule has 0 saturated carbocycles. The van der Waals surface area contributed by atoms with Gasteiger partial charge >= 0.3 is 0 Å². The standard InChI is InChI=1S/C13H14FN3O/c14-11-5-4-10(7-9(11)8-15)17-13(18)12-3-1-2-6-16-12/h4-5,7,12,16H,1-3,6H2,(H,17,18)/t12-/m0/s1. The molecule has 0 aromatic heterocycles. The third-order valence-electron chi connectivity index (χ3n) is 2.98.